The standard InChI is InChI=1S/C6HF14O2P.Na/c7-1(8,3(11,12)5(15,16)17)2(9,10)4(13,14)6(18,19)23(20,21)22;/h(H,21,22);/q;+1/p-1. The van der Waals surface area contributed by atoms with Gasteiger partial charge in [0, 0.05) is 0 Å². The topological polar surface area (TPSA) is 40.1 Å². The van der Waals surface area contributed by atoms with E-state index in [2.05, 4.69) is 0 Å². The molecule has 0 rings (SSSR count). The second kappa shape index (κ2) is 6.43. The van der Waals surface area contributed by atoms with Crippen molar-refractivity contribution < 1.29 is 100 Å². The summed E-state index contributed by atoms with van der Waals surface area (Å²) in [5.41, 5.74) is -7.71. The molecular formula is C6F14NaO2P. The van der Waals surface area contributed by atoms with Crippen LogP contribution in [0.1, 0.15) is 0 Å². The Hall–Kier alpha value is 0.210. The van der Waals surface area contributed by atoms with Crippen molar-refractivity contribution in [3.8, 4) is 0 Å². The Morgan fingerprint density at radius 2 is 0.833 bits per heavy atom. The van der Waals surface area contributed by atoms with Gasteiger partial charge in [-0.25, -0.2) is 0 Å². The van der Waals surface area contributed by atoms with Gasteiger partial charge < -0.3 is 4.89 Å². The molecule has 0 saturated heterocycles. The summed E-state index contributed by atoms with van der Waals surface area (Å²) < 4.78 is 181. The van der Waals surface area contributed by atoms with Gasteiger partial charge in [0.15, 0.2) is 0 Å². The first kappa shape index (κ1) is 26.4. The molecule has 0 aromatic heterocycles. The van der Waals surface area contributed by atoms with Crippen molar-refractivity contribution in [2.24, 2.45) is 0 Å². The number of hydrogen-bond donors (Lipinski definition) is 0. The summed E-state index contributed by atoms with van der Waals surface area (Å²) in [6.07, 6.45) is -7.62. The van der Waals surface area contributed by atoms with E-state index in [1.54, 1.807) is 0 Å². The predicted molar refractivity (Wildman–Crippen MR) is 39.5 cm³/mol. The molecule has 140 valence electrons. The zero-order chi connectivity index (χ0) is 19.5. The van der Waals surface area contributed by atoms with Gasteiger partial charge in [-0.05, 0) is 0 Å². The fourth-order valence-corrected chi connectivity index (χ4v) is 1.40. The van der Waals surface area contributed by atoms with Crippen molar-refractivity contribution in [3.63, 3.8) is 0 Å². The van der Waals surface area contributed by atoms with Crippen molar-refractivity contribution in [2.75, 3.05) is 0 Å². The van der Waals surface area contributed by atoms with E-state index >= 15 is 0 Å². The average molecular weight is 424 g/mol. The Labute approximate surface area is 144 Å². The number of halogens is 14. The van der Waals surface area contributed by atoms with E-state index in [9.17, 15) is 70.7 Å². The van der Waals surface area contributed by atoms with E-state index in [1.165, 1.54) is 0 Å². The first-order chi connectivity index (χ1) is 9.50. The molecule has 2 nitrogen and oxygen atoms in total. The van der Waals surface area contributed by atoms with E-state index in [0.717, 1.165) is 0 Å². The van der Waals surface area contributed by atoms with Crippen molar-refractivity contribution >= 4 is 7.68 Å². The van der Waals surface area contributed by atoms with E-state index in [4.69, 9.17) is 0 Å². The Kier molecular flexibility index (Phi) is 7.08. The summed E-state index contributed by atoms with van der Waals surface area (Å²) in [5, 5.41) is 0. The first-order valence-electron chi connectivity index (χ1n) is 4.46. The zero-order valence-electron chi connectivity index (χ0n) is 10.6. The maximum atomic E-state index is 12.6. The molecule has 24 heavy (non-hydrogen) atoms. The molecule has 18 heteroatoms. The second-order valence-corrected chi connectivity index (χ2v) is 5.34. The molecule has 0 aliphatic carbocycles. The third-order valence-electron chi connectivity index (χ3n) is 2.25. The van der Waals surface area contributed by atoms with Gasteiger partial charge in [0.05, 0.1) is 0 Å². The maximum absolute atomic E-state index is 12.6. The van der Waals surface area contributed by atoms with Crippen molar-refractivity contribution in [1.29, 1.82) is 0 Å². The molecule has 0 aliphatic heterocycles. The number of rotatable bonds is 5. The van der Waals surface area contributed by atoms with Crippen molar-refractivity contribution in [1.82, 2.24) is 0 Å². The predicted octanol–water partition coefficient (Wildman–Crippen LogP) is 1.21. The minimum atomic E-state index is -8.42. The fraction of sp³-hybridized carbons (Fsp3) is 1.00. The smallest absolute Gasteiger partial charge is 0.770 e. The van der Waals surface area contributed by atoms with Crippen LogP contribution in [0.4, 0.5) is 61.3 Å². The monoisotopic (exact) mass is 424 g/mol. The molecule has 0 aromatic rings. The summed E-state index contributed by atoms with van der Waals surface area (Å²) in [6, 6.07) is 0. The van der Waals surface area contributed by atoms with Gasteiger partial charge in [0.2, 0.25) is 0 Å². The molecule has 0 aromatic carbocycles. The maximum Gasteiger partial charge on any atom is 1.00 e. The van der Waals surface area contributed by atoms with E-state index in [0.29, 0.717) is 0 Å². The molecule has 0 radical (unpaired) electrons. The summed E-state index contributed by atoms with van der Waals surface area (Å²) >= 11 is 0. The summed E-state index contributed by atoms with van der Waals surface area (Å²) in [7, 11) is -8.42. The van der Waals surface area contributed by atoms with Crippen LogP contribution < -0.4 is 34.5 Å². The first-order valence-corrected chi connectivity index (χ1v) is 5.98. The van der Waals surface area contributed by atoms with Crippen LogP contribution in [-0.4, -0.2) is 35.5 Å². The fourth-order valence-electron chi connectivity index (χ4n) is 0.929. The van der Waals surface area contributed by atoms with Crippen molar-refractivity contribution in [3.05, 3.63) is 0 Å². The van der Waals surface area contributed by atoms with Crippen LogP contribution >= 0.6 is 7.68 Å². The Bertz CT molecular complexity index is 506. The van der Waals surface area contributed by atoms with Crippen molar-refractivity contribution in [2.45, 2.75) is 35.5 Å². The average Bonchev–Trinajstić information content (AvgIpc) is 2.24. The molecule has 0 spiro atoms. The largest absolute Gasteiger partial charge is 1.00 e. The third kappa shape index (κ3) is 3.40. The summed E-state index contributed by atoms with van der Waals surface area (Å²) in [6.45, 7) is 0. The molecule has 0 amide bonds. The molecule has 0 saturated carbocycles. The molecule has 0 aliphatic rings. The number of hydrogen-bond acceptors (Lipinski definition) is 2. The van der Waals surface area contributed by atoms with Gasteiger partial charge >= 0.3 is 65.1 Å². The normalized spacial score (nSPS) is 18.0. The van der Waals surface area contributed by atoms with Gasteiger partial charge in [0.25, 0.3) is 7.68 Å². The van der Waals surface area contributed by atoms with Crippen LogP contribution in [0.3, 0.4) is 0 Å². The van der Waals surface area contributed by atoms with Crippen LogP contribution in [0.25, 0.3) is 0 Å². The molecule has 1 atom stereocenters. The SMILES string of the molecule is O=P([O-])(F)C(F)(F)C(F)(F)C(F)(F)C(F)(F)C(F)(F)C(F)(F)F.[Na+]. The van der Waals surface area contributed by atoms with Crippen LogP contribution in [-0.2, 0) is 4.57 Å². The molecule has 0 bridgehead atoms. The van der Waals surface area contributed by atoms with Gasteiger partial charge in [0.1, 0.15) is 0 Å². The van der Waals surface area contributed by atoms with Crippen LogP contribution in [0.15, 0.2) is 0 Å². The summed E-state index contributed by atoms with van der Waals surface area (Å²) in [4.78, 5) is 9.66. The molecule has 1 unspecified atom stereocenters. The van der Waals surface area contributed by atoms with Gasteiger partial charge in [-0.1, -0.05) is 0 Å². The van der Waals surface area contributed by atoms with E-state index < -0.39 is 43.2 Å². The van der Waals surface area contributed by atoms with Crippen LogP contribution in [0, 0.1) is 0 Å². The Morgan fingerprint density at radius 3 is 1.04 bits per heavy atom. The van der Waals surface area contributed by atoms with Crippen LogP contribution in [0.2, 0.25) is 0 Å². The van der Waals surface area contributed by atoms with Gasteiger partial charge in [-0.3, -0.25) is 4.57 Å². The zero-order valence-corrected chi connectivity index (χ0v) is 13.4. The molecule has 0 heterocycles. The molecular weight excluding hydrogens is 424 g/mol. The Morgan fingerprint density at radius 1 is 0.583 bits per heavy atom. The summed E-state index contributed by atoms with van der Waals surface area (Å²) in [5.74, 6) is -32.7. The second-order valence-electron chi connectivity index (χ2n) is 3.82. The molecule has 0 fully saturated rings. The Balaban J connectivity index is 0. The molecule has 0 N–H and O–H groups in total. The van der Waals surface area contributed by atoms with Gasteiger partial charge in [-0.15, -0.1) is 0 Å². The quantitative estimate of drug-likeness (QED) is 0.379. The third-order valence-corrected chi connectivity index (χ3v) is 3.20. The van der Waals surface area contributed by atoms with Gasteiger partial charge in [-0.2, -0.15) is 61.3 Å². The minimum Gasteiger partial charge on any atom is -0.770 e. The van der Waals surface area contributed by atoms with E-state index in [1.807, 2.05) is 0 Å². The minimum absolute atomic E-state index is 0. The van der Waals surface area contributed by atoms with Crippen LogP contribution in [0.5, 0.6) is 0 Å². The van der Waals surface area contributed by atoms with E-state index in [-0.39, 0.29) is 29.6 Å². The number of alkyl halides is 13.